The van der Waals surface area contributed by atoms with E-state index in [2.05, 4.69) is 10.6 Å². The molecule has 2 aromatic rings. The number of nitrogens with one attached hydrogen (secondary N) is 2. The van der Waals surface area contributed by atoms with Crippen molar-refractivity contribution in [2.75, 3.05) is 7.05 Å². The maximum Gasteiger partial charge on any atom is 0.408 e. The molecule has 2 fully saturated rings. The van der Waals surface area contributed by atoms with Gasteiger partial charge in [-0.25, -0.2) is 4.79 Å². The van der Waals surface area contributed by atoms with Gasteiger partial charge in [-0.2, -0.15) is 0 Å². The van der Waals surface area contributed by atoms with Crippen molar-refractivity contribution in [2.45, 2.75) is 94.9 Å². The molecule has 9 heteroatoms. The van der Waals surface area contributed by atoms with Crippen LogP contribution in [-0.4, -0.2) is 48.2 Å². The lowest BCUT2D eigenvalue weighted by atomic mass is 9.84. The van der Waals surface area contributed by atoms with Crippen LogP contribution in [0.5, 0.6) is 0 Å². The highest BCUT2D eigenvalue weighted by Crippen LogP contribution is 2.49. The molecule has 226 valence electrons. The zero-order valence-electron chi connectivity index (χ0n) is 24.5. The number of carbonyl (C=O) groups excluding carboxylic acids is 4. The number of benzene rings is 2. The molecular formula is C33H42ClN3O5. The summed E-state index contributed by atoms with van der Waals surface area (Å²) in [5.74, 6) is -0.272. The van der Waals surface area contributed by atoms with E-state index in [1.54, 1.807) is 24.1 Å². The molecule has 3 amide bonds. The van der Waals surface area contributed by atoms with Crippen LogP contribution in [0, 0.1) is 5.92 Å². The zero-order valence-corrected chi connectivity index (χ0v) is 25.3. The molecule has 0 spiro atoms. The van der Waals surface area contributed by atoms with Crippen LogP contribution in [-0.2, 0) is 24.7 Å². The minimum Gasteiger partial charge on any atom is -0.438 e. The van der Waals surface area contributed by atoms with Crippen LogP contribution in [0.25, 0.3) is 0 Å². The Hall–Kier alpha value is -3.39. The molecule has 2 aromatic carbocycles. The first-order chi connectivity index (χ1) is 20.2. The monoisotopic (exact) mass is 595 g/mol. The lowest BCUT2D eigenvalue weighted by Crippen LogP contribution is -2.51. The molecule has 2 aliphatic carbocycles. The maximum atomic E-state index is 13.4. The van der Waals surface area contributed by atoms with E-state index in [1.165, 1.54) is 6.42 Å². The first-order valence-electron chi connectivity index (χ1n) is 15.0. The second-order valence-electron chi connectivity index (χ2n) is 11.7. The summed E-state index contributed by atoms with van der Waals surface area (Å²) in [5.41, 5.74) is 1.10. The molecule has 2 saturated carbocycles. The van der Waals surface area contributed by atoms with E-state index < -0.39 is 29.7 Å². The van der Waals surface area contributed by atoms with Crippen molar-refractivity contribution in [3.05, 3.63) is 70.7 Å². The summed E-state index contributed by atoms with van der Waals surface area (Å²) < 4.78 is 5.85. The Bertz CT molecular complexity index is 1230. The highest BCUT2D eigenvalue weighted by molar-refractivity contribution is 6.30. The highest BCUT2D eigenvalue weighted by atomic mass is 35.5. The van der Waals surface area contributed by atoms with Crippen molar-refractivity contribution in [1.29, 1.82) is 0 Å². The molecule has 0 aliphatic heterocycles. The van der Waals surface area contributed by atoms with Gasteiger partial charge in [-0.1, -0.05) is 86.2 Å². The van der Waals surface area contributed by atoms with Crippen LogP contribution in [0.2, 0.25) is 5.02 Å². The third-order valence-electron chi connectivity index (χ3n) is 8.66. The summed E-state index contributed by atoms with van der Waals surface area (Å²) >= 11 is 6.16. The van der Waals surface area contributed by atoms with Crippen molar-refractivity contribution in [2.24, 2.45) is 5.92 Å². The molecule has 2 aliphatic rings. The van der Waals surface area contributed by atoms with Crippen LogP contribution < -0.4 is 10.6 Å². The first kappa shape index (κ1) is 31.5. The Kier molecular flexibility index (Phi) is 11.0. The van der Waals surface area contributed by atoms with Gasteiger partial charge >= 0.3 is 6.09 Å². The average Bonchev–Trinajstić information content (AvgIpc) is 3.79. The van der Waals surface area contributed by atoms with Crippen molar-refractivity contribution in [3.63, 3.8) is 0 Å². The summed E-state index contributed by atoms with van der Waals surface area (Å²) in [6.07, 6.45) is 7.41. The summed E-state index contributed by atoms with van der Waals surface area (Å²) in [6, 6.07) is 15.1. The van der Waals surface area contributed by atoms with Crippen molar-refractivity contribution < 1.29 is 23.9 Å². The summed E-state index contributed by atoms with van der Waals surface area (Å²) in [4.78, 5) is 53.0. The number of halogens is 1. The van der Waals surface area contributed by atoms with E-state index in [-0.39, 0.29) is 24.8 Å². The van der Waals surface area contributed by atoms with E-state index in [0.717, 1.165) is 36.8 Å². The van der Waals surface area contributed by atoms with Crippen molar-refractivity contribution in [3.8, 4) is 0 Å². The SMILES string of the molecule is CC(c1ccccc1)N(C)C(=O)CCC(C=O)NC(=O)C(CC1CCCCC1)NC(=O)OC1(c2cccc(Cl)c2)CC1. The predicted octanol–water partition coefficient (Wildman–Crippen LogP) is 6.08. The Morgan fingerprint density at radius 2 is 1.76 bits per heavy atom. The second-order valence-corrected chi connectivity index (χ2v) is 12.1. The topological polar surface area (TPSA) is 105 Å². The molecule has 0 bridgehead atoms. The molecule has 3 unspecified atom stereocenters. The Morgan fingerprint density at radius 3 is 2.40 bits per heavy atom. The van der Waals surface area contributed by atoms with Gasteiger partial charge in [-0.05, 0) is 61.8 Å². The zero-order chi connectivity index (χ0) is 30.1. The fraction of sp³-hybridized carbons (Fsp3) is 0.515. The molecule has 8 nitrogen and oxygen atoms in total. The van der Waals surface area contributed by atoms with Gasteiger partial charge in [0, 0.05) is 18.5 Å². The van der Waals surface area contributed by atoms with E-state index in [4.69, 9.17) is 16.3 Å². The Balaban J connectivity index is 1.35. The number of amides is 3. The predicted molar refractivity (Wildman–Crippen MR) is 162 cm³/mol. The molecule has 4 rings (SSSR count). The molecule has 0 saturated heterocycles. The molecule has 2 N–H and O–H groups in total. The number of hydrogen-bond acceptors (Lipinski definition) is 5. The Labute approximate surface area is 253 Å². The number of hydrogen-bond donors (Lipinski definition) is 2. The van der Waals surface area contributed by atoms with Gasteiger partial charge in [-0.15, -0.1) is 0 Å². The van der Waals surface area contributed by atoms with E-state index in [0.29, 0.717) is 36.5 Å². The largest absolute Gasteiger partial charge is 0.438 e. The molecular weight excluding hydrogens is 554 g/mol. The van der Waals surface area contributed by atoms with Gasteiger partial charge in [0.25, 0.3) is 0 Å². The lowest BCUT2D eigenvalue weighted by Gasteiger charge is -2.28. The third-order valence-corrected chi connectivity index (χ3v) is 8.90. The standard InChI is InChI=1S/C33H42ClN3O5/c1-23(25-12-7-4-8-13-25)37(2)30(39)17-16-28(22-38)35-31(40)29(20-24-10-5-3-6-11-24)36-32(41)42-33(18-19-33)26-14-9-15-27(34)21-26/h4,7-9,12-15,21-24,28-29H,3,5-6,10-11,16-20H2,1-2H3,(H,35,40)(H,36,41). The van der Waals surface area contributed by atoms with E-state index in [9.17, 15) is 19.2 Å². The van der Waals surface area contributed by atoms with Crippen molar-refractivity contribution >= 4 is 35.8 Å². The average molecular weight is 596 g/mol. The lowest BCUT2D eigenvalue weighted by molar-refractivity contribution is -0.132. The highest BCUT2D eigenvalue weighted by Gasteiger charge is 2.49. The van der Waals surface area contributed by atoms with Gasteiger partial charge in [0.15, 0.2) is 0 Å². The number of ether oxygens (including phenoxy) is 1. The van der Waals surface area contributed by atoms with Gasteiger partial charge in [-0.3, -0.25) is 9.59 Å². The number of carbonyl (C=O) groups is 4. The number of alkyl carbamates (subject to hydrolysis) is 1. The van der Waals surface area contributed by atoms with Crippen LogP contribution >= 0.6 is 11.6 Å². The van der Waals surface area contributed by atoms with Crippen LogP contribution in [0.15, 0.2) is 54.6 Å². The smallest absolute Gasteiger partial charge is 0.408 e. The minimum absolute atomic E-state index is 0.0995. The second kappa shape index (κ2) is 14.7. The Morgan fingerprint density at radius 1 is 1.05 bits per heavy atom. The molecule has 0 radical (unpaired) electrons. The summed E-state index contributed by atoms with van der Waals surface area (Å²) in [5, 5.41) is 6.13. The summed E-state index contributed by atoms with van der Waals surface area (Å²) in [7, 11) is 1.74. The third kappa shape index (κ3) is 8.57. The minimum atomic E-state index is -0.852. The number of rotatable bonds is 13. The summed E-state index contributed by atoms with van der Waals surface area (Å²) in [6.45, 7) is 1.95. The first-order valence-corrected chi connectivity index (χ1v) is 15.4. The normalized spacial score (nSPS) is 18.2. The number of nitrogens with zero attached hydrogens (tertiary/aromatic N) is 1. The van der Waals surface area contributed by atoms with Crippen molar-refractivity contribution in [1.82, 2.24) is 15.5 Å². The molecule has 3 atom stereocenters. The van der Waals surface area contributed by atoms with Gasteiger partial charge in [0.2, 0.25) is 11.8 Å². The fourth-order valence-electron chi connectivity index (χ4n) is 5.76. The van der Waals surface area contributed by atoms with Gasteiger partial charge in [0.05, 0.1) is 12.1 Å². The fourth-order valence-corrected chi connectivity index (χ4v) is 5.95. The molecule has 0 aromatic heterocycles. The molecule has 42 heavy (non-hydrogen) atoms. The van der Waals surface area contributed by atoms with Crippen LogP contribution in [0.3, 0.4) is 0 Å². The number of aldehydes is 1. The van der Waals surface area contributed by atoms with E-state index >= 15 is 0 Å². The van der Waals surface area contributed by atoms with Gasteiger partial charge < -0.3 is 25.1 Å². The quantitative estimate of drug-likeness (QED) is 0.273. The molecule has 0 heterocycles. The van der Waals surface area contributed by atoms with E-state index in [1.807, 2.05) is 49.4 Å². The maximum absolute atomic E-state index is 13.4. The van der Waals surface area contributed by atoms with Gasteiger partial charge in [0.1, 0.15) is 17.9 Å². The van der Waals surface area contributed by atoms with Crippen LogP contribution in [0.1, 0.15) is 88.3 Å². The van der Waals surface area contributed by atoms with Crippen LogP contribution in [0.4, 0.5) is 4.79 Å².